The van der Waals surface area contributed by atoms with Crippen LogP contribution >= 0.6 is 61.5 Å². The van der Waals surface area contributed by atoms with E-state index in [1.54, 1.807) is 12.1 Å². The van der Waals surface area contributed by atoms with Crippen molar-refractivity contribution in [3.05, 3.63) is 52.6 Å². The second kappa shape index (κ2) is 5.38. The minimum atomic E-state index is 0.00766. The molecule has 5 heteroatoms. The fraction of sp³-hybridized carbons (Fsp3) is 0.0833. The van der Waals surface area contributed by atoms with Crippen LogP contribution in [-0.2, 0) is 0 Å². The number of aryl methyl sites for hydroxylation is 1. The van der Waals surface area contributed by atoms with Gasteiger partial charge in [-0.3, -0.25) is 4.79 Å². The molecule has 17 heavy (non-hydrogen) atoms. The van der Waals surface area contributed by atoms with Gasteiger partial charge in [0.2, 0.25) is 5.78 Å². The SMILES string of the molecule is Cc1cc(Br)c(C(=O)c2ccc(I)c(Cl)c2)s1. The first-order valence-electron chi connectivity index (χ1n) is 4.74. The molecule has 0 amide bonds. The van der Waals surface area contributed by atoms with Gasteiger partial charge in [-0.1, -0.05) is 11.6 Å². The molecule has 0 bridgehead atoms. The molecule has 0 atom stereocenters. The Morgan fingerprint density at radius 1 is 1.41 bits per heavy atom. The van der Waals surface area contributed by atoms with Gasteiger partial charge in [-0.2, -0.15) is 0 Å². The van der Waals surface area contributed by atoms with E-state index >= 15 is 0 Å². The van der Waals surface area contributed by atoms with E-state index < -0.39 is 0 Å². The van der Waals surface area contributed by atoms with E-state index in [2.05, 4.69) is 38.5 Å². The number of hydrogen-bond donors (Lipinski definition) is 0. The van der Waals surface area contributed by atoms with Gasteiger partial charge in [0.1, 0.15) is 0 Å². The van der Waals surface area contributed by atoms with Crippen LogP contribution < -0.4 is 0 Å². The number of thiophene rings is 1. The van der Waals surface area contributed by atoms with Crippen LogP contribution in [0.15, 0.2) is 28.7 Å². The lowest BCUT2D eigenvalue weighted by atomic mass is 10.1. The molecule has 0 aliphatic carbocycles. The fourth-order valence-electron chi connectivity index (χ4n) is 1.41. The second-order valence-corrected chi connectivity index (χ2v) is 7.17. The van der Waals surface area contributed by atoms with E-state index in [-0.39, 0.29) is 5.78 Å². The van der Waals surface area contributed by atoms with E-state index in [0.717, 1.165) is 17.8 Å². The van der Waals surface area contributed by atoms with Gasteiger partial charge in [-0.25, -0.2) is 0 Å². The van der Waals surface area contributed by atoms with Crippen molar-refractivity contribution in [1.29, 1.82) is 0 Å². The molecule has 0 saturated carbocycles. The molecular formula is C12H7BrClIOS. The Morgan fingerprint density at radius 2 is 2.12 bits per heavy atom. The summed E-state index contributed by atoms with van der Waals surface area (Å²) >= 11 is 13.1. The van der Waals surface area contributed by atoms with Crippen LogP contribution in [0.3, 0.4) is 0 Å². The maximum absolute atomic E-state index is 12.3. The van der Waals surface area contributed by atoms with E-state index in [0.29, 0.717) is 10.6 Å². The molecule has 0 fully saturated rings. The number of benzene rings is 1. The predicted octanol–water partition coefficient (Wildman–Crippen LogP) is 5.31. The Kier molecular flexibility index (Phi) is 4.28. The first kappa shape index (κ1) is 13.5. The third kappa shape index (κ3) is 2.92. The van der Waals surface area contributed by atoms with Crippen LogP contribution in [0.4, 0.5) is 0 Å². The largest absolute Gasteiger partial charge is 0.288 e. The molecule has 88 valence electrons. The van der Waals surface area contributed by atoms with Gasteiger partial charge in [-0.15, -0.1) is 11.3 Å². The summed E-state index contributed by atoms with van der Waals surface area (Å²) in [5.41, 5.74) is 0.623. The summed E-state index contributed by atoms with van der Waals surface area (Å²) in [6, 6.07) is 7.32. The van der Waals surface area contributed by atoms with E-state index in [9.17, 15) is 4.79 Å². The smallest absolute Gasteiger partial charge is 0.204 e. The number of carbonyl (C=O) groups excluding carboxylic acids is 1. The van der Waals surface area contributed by atoms with Crippen molar-refractivity contribution in [2.75, 3.05) is 0 Å². The lowest BCUT2D eigenvalue weighted by Gasteiger charge is -2.01. The highest BCUT2D eigenvalue weighted by molar-refractivity contribution is 14.1. The molecule has 0 aliphatic heterocycles. The zero-order valence-electron chi connectivity index (χ0n) is 8.76. The fourth-order valence-corrected chi connectivity index (χ4v) is 3.71. The number of ketones is 1. The topological polar surface area (TPSA) is 17.1 Å². The summed E-state index contributed by atoms with van der Waals surface area (Å²) in [6.07, 6.45) is 0. The first-order valence-corrected chi connectivity index (χ1v) is 7.81. The minimum Gasteiger partial charge on any atom is -0.288 e. The number of hydrogen-bond acceptors (Lipinski definition) is 2. The van der Waals surface area contributed by atoms with Crippen LogP contribution in [0.5, 0.6) is 0 Å². The van der Waals surface area contributed by atoms with Crippen molar-refractivity contribution >= 4 is 67.2 Å². The molecule has 1 aromatic heterocycles. The summed E-state index contributed by atoms with van der Waals surface area (Å²) < 4.78 is 1.79. The van der Waals surface area contributed by atoms with Gasteiger partial charge in [-0.05, 0) is 69.7 Å². The highest BCUT2D eigenvalue weighted by Crippen LogP contribution is 2.30. The number of halogens is 3. The highest BCUT2D eigenvalue weighted by atomic mass is 127. The van der Waals surface area contributed by atoms with Crippen molar-refractivity contribution in [3.63, 3.8) is 0 Å². The van der Waals surface area contributed by atoms with Crippen LogP contribution in [0, 0.1) is 10.5 Å². The molecule has 0 N–H and O–H groups in total. The molecule has 1 nitrogen and oxygen atoms in total. The lowest BCUT2D eigenvalue weighted by Crippen LogP contribution is -1.99. The summed E-state index contributed by atoms with van der Waals surface area (Å²) in [4.78, 5) is 14.1. The summed E-state index contributed by atoms with van der Waals surface area (Å²) in [5, 5.41) is 0.612. The van der Waals surface area contributed by atoms with Crippen molar-refractivity contribution in [2.24, 2.45) is 0 Å². The Balaban J connectivity index is 2.44. The zero-order valence-corrected chi connectivity index (χ0v) is 14.1. The van der Waals surface area contributed by atoms with Crippen LogP contribution in [0.1, 0.15) is 20.1 Å². The molecule has 0 radical (unpaired) electrons. The number of carbonyl (C=O) groups is 1. The normalized spacial score (nSPS) is 10.6. The van der Waals surface area contributed by atoms with Gasteiger partial charge in [0.25, 0.3) is 0 Å². The van der Waals surface area contributed by atoms with Gasteiger partial charge in [0, 0.05) is 18.5 Å². The number of rotatable bonds is 2. The van der Waals surface area contributed by atoms with E-state index in [4.69, 9.17) is 11.6 Å². The van der Waals surface area contributed by atoms with Gasteiger partial charge < -0.3 is 0 Å². The third-order valence-electron chi connectivity index (χ3n) is 2.20. The summed E-state index contributed by atoms with van der Waals surface area (Å²) in [7, 11) is 0. The molecule has 0 unspecified atom stereocenters. The highest BCUT2D eigenvalue weighted by Gasteiger charge is 2.16. The predicted molar refractivity (Wildman–Crippen MR) is 84.4 cm³/mol. The van der Waals surface area contributed by atoms with Gasteiger partial charge in [0.05, 0.1) is 9.90 Å². The monoisotopic (exact) mass is 440 g/mol. The van der Waals surface area contributed by atoms with E-state index in [1.807, 2.05) is 19.1 Å². The summed E-state index contributed by atoms with van der Waals surface area (Å²) in [5.74, 6) is 0.00766. The molecule has 1 aromatic carbocycles. The Hall–Kier alpha value is 0.0900. The molecule has 0 spiro atoms. The van der Waals surface area contributed by atoms with Crippen molar-refractivity contribution in [1.82, 2.24) is 0 Å². The molecule has 2 rings (SSSR count). The molecule has 0 aliphatic rings. The van der Waals surface area contributed by atoms with Crippen molar-refractivity contribution < 1.29 is 4.79 Å². The molecular weight excluding hydrogens is 434 g/mol. The average Bonchev–Trinajstić information content (AvgIpc) is 2.61. The maximum Gasteiger partial charge on any atom is 0.204 e. The maximum atomic E-state index is 12.3. The van der Waals surface area contributed by atoms with E-state index in [1.165, 1.54) is 11.3 Å². The minimum absolute atomic E-state index is 0.00766. The Labute approximate surface area is 130 Å². The lowest BCUT2D eigenvalue weighted by molar-refractivity contribution is 0.104. The van der Waals surface area contributed by atoms with Gasteiger partial charge >= 0.3 is 0 Å². The second-order valence-electron chi connectivity index (χ2n) is 3.49. The van der Waals surface area contributed by atoms with Gasteiger partial charge in [0.15, 0.2) is 0 Å². The standard InChI is InChI=1S/C12H7BrClIOS/c1-6-4-8(13)12(17-6)11(16)7-2-3-10(15)9(14)5-7/h2-5H,1H3. The molecule has 0 saturated heterocycles. The third-order valence-corrected chi connectivity index (χ3v) is 5.71. The van der Waals surface area contributed by atoms with Crippen molar-refractivity contribution in [3.8, 4) is 0 Å². The van der Waals surface area contributed by atoms with Crippen LogP contribution in [-0.4, -0.2) is 5.78 Å². The quantitative estimate of drug-likeness (QED) is 0.456. The summed E-state index contributed by atoms with van der Waals surface area (Å²) in [6.45, 7) is 1.98. The van der Waals surface area contributed by atoms with Crippen molar-refractivity contribution in [2.45, 2.75) is 6.92 Å². The van der Waals surface area contributed by atoms with Crippen LogP contribution in [0.2, 0.25) is 5.02 Å². The Bertz CT molecular complexity index is 594. The zero-order chi connectivity index (χ0) is 12.6. The first-order chi connectivity index (χ1) is 7.99. The average molecular weight is 442 g/mol. The molecule has 1 heterocycles. The Morgan fingerprint density at radius 3 is 2.65 bits per heavy atom. The van der Waals surface area contributed by atoms with Crippen LogP contribution in [0.25, 0.3) is 0 Å². The molecule has 2 aromatic rings.